The van der Waals surface area contributed by atoms with Gasteiger partial charge in [-0.2, -0.15) is 5.10 Å². The van der Waals surface area contributed by atoms with E-state index < -0.39 is 5.54 Å². The van der Waals surface area contributed by atoms with Gasteiger partial charge in [0.05, 0.1) is 5.52 Å². The fourth-order valence-corrected chi connectivity index (χ4v) is 5.50. The topological polar surface area (TPSA) is 70.8 Å². The van der Waals surface area contributed by atoms with Crippen molar-refractivity contribution in [1.29, 1.82) is 0 Å². The maximum absolute atomic E-state index is 13.3. The minimum Gasteiger partial charge on any atom is -0.342 e. The Labute approximate surface area is 210 Å². The van der Waals surface area contributed by atoms with Crippen LogP contribution >= 0.6 is 0 Å². The van der Waals surface area contributed by atoms with E-state index in [0.29, 0.717) is 24.4 Å². The van der Waals surface area contributed by atoms with E-state index in [0.717, 1.165) is 72.2 Å². The lowest BCUT2D eigenvalue weighted by Crippen LogP contribution is -2.55. The Balaban J connectivity index is 1.10. The van der Waals surface area contributed by atoms with Crippen molar-refractivity contribution in [3.8, 4) is 11.1 Å². The van der Waals surface area contributed by atoms with Crippen LogP contribution in [0.1, 0.15) is 51.1 Å². The molecule has 2 aromatic carbocycles. The molecular formula is C29H31N5O2. The van der Waals surface area contributed by atoms with E-state index in [4.69, 9.17) is 10.1 Å². The molecule has 0 unspecified atom stereocenters. The third-order valence-electron chi connectivity index (χ3n) is 8.11. The van der Waals surface area contributed by atoms with Crippen molar-refractivity contribution in [3.63, 3.8) is 0 Å². The molecule has 0 atom stereocenters. The number of fused-ring (bicyclic) bond motifs is 1. The van der Waals surface area contributed by atoms with Gasteiger partial charge in [0.1, 0.15) is 11.4 Å². The van der Waals surface area contributed by atoms with Crippen molar-refractivity contribution in [2.24, 2.45) is 16.8 Å². The second-order valence-electron chi connectivity index (χ2n) is 11.3. The number of hydrogen-bond acceptors (Lipinski definition) is 4. The Bertz CT molecular complexity index is 1410. The minimum atomic E-state index is -0.526. The first kappa shape index (κ1) is 21.8. The SMILES string of the molecule is CC(C)n1cc2ccc(-c3ccc(C4=NC5(CC5)C(=O)N4CC4CN(C(=O)C5CC5)C4)cc3)cc2n1. The Morgan fingerprint density at radius 1 is 1.03 bits per heavy atom. The van der Waals surface area contributed by atoms with Crippen LogP contribution in [0, 0.1) is 11.8 Å². The summed E-state index contributed by atoms with van der Waals surface area (Å²) in [7, 11) is 0. The van der Waals surface area contributed by atoms with Gasteiger partial charge in [0.2, 0.25) is 5.91 Å². The van der Waals surface area contributed by atoms with Gasteiger partial charge in [0, 0.05) is 54.7 Å². The smallest absolute Gasteiger partial charge is 0.256 e. The van der Waals surface area contributed by atoms with Crippen molar-refractivity contribution in [2.75, 3.05) is 19.6 Å². The Hall–Kier alpha value is -3.48. The third kappa shape index (κ3) is 3.55. The van der Waals surface area contributed by atoms with Gasteiger partial charge in [-0.25, -0.2) is 0 Å². The number of carbonyl (C=O) groups is 2. The molecule has 7 heteroatoms. The molecule has 2 amide bonds. The van der Waals surface area contributed by atoms with E-state index in [1.165, 1.54) is 0 Å². The molecule has 3 heterocycles. The van der Waals surface area contributed by atoms with E-state index in [9.17, 15) is 9.59 Å². The zero-order valence-electron chi connectivity index (χ0n) is 20.9. The van der Waals surface area contributed by atoms with Crippen LogP contribution in [0.2, 0.25) is 0 Å². The van der Waals surface area contributed by atoms with Crippen molar-refractivity contribution in [2.45, 2.75) is 51.1 Å². The second-order valence-corrected chi connectivity index (χ2v) is 11.3. The van der Waals surface area contributed by atoms with Gasteiger partial charge in [0.25, 0.3) is 5.91 Å². The van der Waals surface area contributed by atoms with Gasteiger partial charge in [-0.1, -0.05) is 36.4 Å². The zero-order chi connectivity index (χ0) is 24.6. The van der Waals surface area contributed by atoms with Crippen LogP contribution in [-0.4, -0.2) is 62.4 Å². The maximum Gasteiger partial charge on any atom is 0.256 e. The lowest BCUT2D eigenvalue weighted by molar-refractivity contribution is -0.139. The molecular weight excluding hydrogens is 450 g/mol. The van der Waals surface area contributed by atoms with E-state index in [2.05, 4.69) is 62.5 Å². The molecule has 7 nitrogen and oxygen atoms in total. The number of rotatable bonds is 6. The predicted octanol–water partition coefficient (Wildman–Crippen LogP) is 4.27. The van der Waals surface area contributed by atoms with E-state index in [1.54, 1.807) is 0 Å². The summed E-state index contributed by atoms with van der Waals surface area (Å²) in [5, 5.41) is 5.86. The number of carbonyl (C=O) groups excluding carboxylic acids is 2. The van der Waals surface area contributed by atoms with Gasteiger partial charge in [-0.05, 0) is 56.7 Å². The highest BCUT2D eigenvalue weighted by molar-refractivity contribution is 6.16. The highest BCUT2D eigenvalue weighted by Crippen LogP contribution is 2.46. The van der Waals surface area contributed by atoms with Crippen LogP contribution in [0.15, 0.2) is 53.7 Å². The number of benzene rings is 2. The molecule has 3 aromatic rings. The molecule has 0 bridgehead atoms. The first-order valence-electron chi connectivity index (χ1n) is 13.2. The normalized spacial score (nSPS) is 21.0. The van der Waals surface area contributed by atoms with Gasteiger partial charge in [-0.3, -0.25) is 24.2 Å². The van der Waals surface area contributed by atoms with Gasteiger partial charge >= 0.3 is 0 Å². The molecule has 4 aliphatic rings. The highest BCUT2D eigenvalue weighted by atomic mass is 16.2. The summed E-state index contributed by atoms with van der Waals surface area (Å²) in [5.74, 6) is 1.82. The predicted molar refractivity (Wildman–Crippen MR) is 139 cm³/mol. The van der Waals surface area contributed by atoms with Crippen molar-refractivity contribution in [3.05, 3.63) is 54.2 Å². The van der Waals surface area contributed by atoms with Crippen LogP contribution in [-0.2, 0) is 9.59 Å². The molecule has 1 spiro atoms. The Morgan fingerprint density at radius 3 is 2.39 bits per heavy atom. The first-order valence-corrected chi connectivity index (χ1v) is 13.2. The molecule has 1 aromatic heterocycles. The summed E-state index contributed by atoms with van der Waals surface area (Å²) in [4.78, 5) is 34.4. The highest BCUT2D eigenvalue weighted by Gasteiger charge is 2.57. The average Bonchev–Trinajstić information content (AvgIpc) is 3.77. The summed E-state index contributed by atoms with van der Waals surface area (Å²) in [6.45, 7) is 6.42. The fraction of sp³-hybridized carbons (Fsp3) is 0.448. The van der Waals surface area contributed by atoms with Crippen molar-refractivity contribution < 1.29 is 9.59 Å². The number of likely N-dealkylation sites (tertiary alicyclic amines) is 1. The van der Waals surface area contributed by atoms with Crippen molar-refractivity contribution in [1.82, 2.24) is 19.6 Å². The lowest BCUT2D eigenvalue weighted by Gasteiger charge is -2.41. The summed E-state index contributed by atoms with van der Waals surface area (Å²) >= 11 is 0. The summed E-state index contributed by atoms with van der Waals surface area (Å²) in [5.41, 5.74) is 3.68. The zero-order valence-corrected chi connectivity index (χ0v) is 20.9. The van der Waals surface area contributed by atoms with Gasteiger partial charge < -0.3 is 4.90 Å². The standard InChI is InChI=1S/C29H31N5O2/c1-18(2)34-17-24-10-9-23(13-25(24)31-34)20-3-5-21(6-4-20)26-30-29(11-12-29)28(36)33(26)16-19-14-32(15-19)27(35)22-7-8-22/h3-6,9-10,13,17-19,22H,7-8,11-12,14-16H2,1-2H3. The van der Waals surface area contributed by atoms with E-state index in [-0.39, 0.29) is 11.8 Å². The largest absolute Gasteiger partial charge is 0.342 e. The lowest BCUT2D eigenvalue weighted by atomic mass is 9.97. The molecule has 3 fully saturated rings. The average molecular weight is 482 g/mol. The number of aliphatic imine (C=N–C) groups is 1. The monoisotopic (exact) mass is 481 g/mol. The fourth-order valence-electron chi connectivity index (χ4n) is 5.50. The quantitative estimate of drug-likeness (QED) is 0.528. The van der Waals surface area contributed by atoms with Crippen LogP contribution < -0.4 is 0 Å². The van der Waals surface area contributed by atoms with Crippen LogP contribution in [0.25, 0.3) is 22.0 Å². The van der Waals surface area contributed by atoms with Crippen LogP contribution in [0.3, 0.4) is 0 Å². The van der Waals surface area contributed by atoms with Gasteiger partial charge in [-0.15, -0.1) is 0 Å². The summed E-state index contributed by atoms with van der Waals surface area (Å²) < 4.78 is 2.00. The number of amidine groups is 1. The Morgan fingerprint density at radius 2 is 1.72 bits per heavy atom. The number of amides is 2. The Kier molecular flexibility index (Phi) is 4.69. The molecule has 1 saturated heterocycles. The molecule has 36 heavy (non-hydrogen) atoms. The molecule has 0 N–H and O–H groups in total. The number of aromatic nitrogens is 2. The first-order chi connectivity index (χ1) is 17.4. The summed E-state index contributed by atoms with van der Waals surface area (Å²) in [6, 6.07) is 15.1. The van der Waals surface area contributed by atoms with E-state index in [1.807, 2.05) is 14.5 Å². The maximum atomic E-state index is 13.3. The molecule has 2 saturated carbocycles. The van der Waals surface area contributed by atoms with Gasteiger partial charge in [0.15, 0.2) is 0 Å². The second kappa shape index (κ2) is 7.76. The van der Waals surface area contributed by atoms with E-state index >= 15 is 0 Å². The third-order valence-corrected chi connectivity index (χ3v) is 8.11. The number of nitrogens with zero attached hydrogens (tertiary/aromatic N) is 5. The van der Waals surface area contributed by atoms with Crippen molar-refractivity contribution >= 4 is 28.6 Å². The molecule has 184 valence electrons. The molecule has 2 aliphatic heterocycles. The minimum absolute atomic E-state index is 0.139. The van der Waals surface area contributed by atoms with Crippen LogP contribution in [0.4, 0.5) is 0 Å². The molecule has 0 radical (unpaired) electrons. The van der Waals surface area contributed by atoms with Crippen LogP contribution in [0.5, 0.6) is 0 Å². The summed E-state index contributed by atoms with van der Waals surface area (Å²) in [6.07, 6.45) is 5.84. The molecule has 7 rings (SSSR count). The molecule has 2 aliphatic carbocycles. The number of hydrogen-bond donors (Lipinski definition) is 0.